The third-order valence-electron chi connectivity index (χ3n) is 2.00. The Labute approximate surface area is 86.8 Å². The Kier molecular flexibility index (Phi) is 4.41. The molecule has 0 spiro atoms. The number of benzene rings is 1. The molecule has 0 heterocycles. The molecule has 0 amide bonds. The van der Waals surface area contributed by atoms with E-state index in [9.17, 15) is 0 Å². The van der Waals surface area contributed by atoms with Crippen LogP contribution in [0.25, 0.3) is 6.08 Å². The molecule has 1 rings (SSSR count). The molecule has 1 N–H and O–H groups in total. The van der Waals surface area contributed by atoms with E-state index in [-0.39, 0.29) is 0 Å². The maximum atomic E-state index is 3.34. The van der Waals surface area contributed by atoms with Crippen LogP contribution in [0.3, 0.4) is 0 Å². The molecule has 0 atom stereocenters. The summed E-state index contributed by atoms with van der Waals surface area (Å²) in [5.74, 6) is 0. The summed E-state index contributed by atoms with van der Waals surface area (Å²) in [4.78, 5) is 0. The molecule has 0 aliphatic heterocycles. The molecule has 1 nitrogen and oxygen atoms in total. The fraction of sp³-hybridized carbons (Fsp3) is 0.385. The van der Waals surface area contributed by atoms with Crippen molar-refractivity contribution in [3.8, 4) is 0 Å². The van der Waals surface area contributed by atoms with E-state index in [0.29, 0.717) is 6.04 Å². The number of nitrogens with one attached hydrogen (secondary N) is 1. The minimum Gasteiger partial charge on any atom is -0.311 e. The van der Waals surface area contributed by atoms with E-state index in [1.165, 1.54) is 11.1 Å². The maximum Gasteiger partial charge on any atom is 0.0140 e. The van der Waals surface area contributed by atoms with Crippen LogP contribution in [0.4, 0.5) is 0 Å². The molecule has 0 aromatic heterocycles. The Balaban J connectivity index is 2.44. The highest BCUT2D eigenvalue weighted by atomic mass is 14.9. The van der Waals surface area contributed by atoms with E-state index in [1.54, 1.807) is 0 Å². The molecule has 1 aromatic carbocycles. The second-order valence-electron chi connectivity index (χ2n) is 3.88. The summed E-state index contributed by atoms with van der Waals surface area (Å²) in [5.41, 5.74) is 2.58. The standard InChI is InChI=1S/C13H19N/c1-11(2)14-9-5-8-13-7-4-6-12(3)10-13/h4-8,10-11,14H,9H2,1-3H3. The quantitative estimate of drug-likeness (QED) is 0.767. The highest BCUT2D eigenvalue weighted by Gasteiger charge is 1.88. The summed E-state index contributed by atoms with van der Waals surface area (Å²) in [7, 11) is 0. The summed E-state index contributed by atoms with van der Waals surface area (Å²) in [5, 5.41) is 3.34. The number of hydrogen-bond acceptors (Lipinski definition) is 1. The molecule has 0 bridgehead atoms. The highest BCUT2D eigenvalue weighted by Crippen LogP contribution is 2.05. The van der Waals surface area contributed by atoms with Gasteiger partial charge in [-0.3, -0.25) is 0 Å². The van der Waals surface area contributed by atoms with Gasteiger partial charge in [0.05, 0.1) is 0 Å². The molecule has 0 aliphatic rings. The normalized spacial score (nSPS) is 11.4. The van der Waals surface area contributed by atoms with Crippen LogP contribution in [-0.2, 0) is 0 Å². The SMILES string of the molecule is Cc1cccc(C=CCNC(C)C)c1. The van der Waals surface area contributed by atoms with Crippen molar-refractivity contribution in [2.75, 3.05) is 6.54 Å². The van der Waals surface area contributed by atoms with Crippen molar-refractivity contribution in [3.63, 3.8) is 0 Å². The minimum atomic E-state index is 0.553. The Morgan fingerprint density at radius 3 is 2.79 bits per heavy atom. The van der Waals surface area contributed by atoms with Crippen molar-refractivity contribution in [2.24, 2.45) is 0 Å². The first kappa shape index (κ1) is 11.0. The van der Waals surface area contributed by atoms with Gasteiger partial charge in [0.25, 0.3) is 0 Å². The summed E-state index contributed by atoms with van der Waals surface area (Å²) in [6.07, 6.45) is 4.32. The lowest BCUT2D eigenvalue weighted by Gasteiger charge is -2.03. The van der Waals surface area contributed by atoms with E-state index in [0.717, 1.165) is 6.54 Å². The van der Waals surface area contributed by atoms with Gasteiger partial charge >= 0.3 is 0 Å². The van der Waals surface area contributed by atoms with Gasteiger partial charge in [-0.1, -0.05) is 55.8 Å². The molecule has 0 saturated heterocycles. The van der Waals surface area contributed by atoms with Crippen molar-refractivity contribution in [3.05, 3.63) is 41.5 Å². The molecule has 0 saturated carbocycles. The van der Waals surface area contributed by atoms with Crippen LogP contribution in [0.5, 0.6) is 0 Å². The first-order valence-electron chi connectivity index (χ1n) is 5.15. The third-order valence-corrected chi connectivity index (χ3v) is 2.00. The molecule has 0 unspecified atom stereocenters. The minimum absolute atomic E-state index is 0.553. The predicted octanol–water partition coefficient (Wildman–Crippen LogP) is 3.01. The van der Waals surface area contributed by atoms with Crippen molar-refractivity contribution in [2.45, 2.75) is 26.8 Å². The number of hydrogen-bond donors (Lipinski definition) is 1. The van der Waals surface area contributed by atoms with Gasteiger partial charge in [0.15, 0.2) is 0 Å². The fourth-order valence-corrected chi connectivity index (χ4v) is 1.27. The molecule has 0 aliphatic carbocycles. The first-order valence-corrected chi connectivity index (χ1v) is 5.15. The monoisotopic (exact) mass is 189 g/mol. The summed E-state index contributed by atoms with van der Waals surface area (Å²) in [6, 6.07) is 9.07. The van der Waals surface area contributed by atoms with Crippen molar-refractivity contribution < 1.29 is 0 Å². The van der Waals surface area contributed by atoms with Gasteiger partial charge in [0.1, 0.15) is 0 Å². The topological polar surface area (TPSA) is 12.0 Å². The Bertz CT molecular complexity index is 300. The van der Waals surface area contributed by atoms with Crippen LogP contribution < -0.4 is 5.32 Å². The number of aryl methyl sites for hydroxylation is 1. The van der Waals surface area contributed by atoms with Crippen molar-refractivity contribution in [1.82, 2.24) is 5.32 Å². The zero-order valence-electron chi connectivity index (χ0n) is 9.25. The number of rotatable bonds is 4. The second kappa shape index (κ2) is 5.61. The lowest BCUT2D eigenvalue weighted by molar-refractivity contribution is 0.633. The van der Waals surface area contributed by atoms with Gasteiger partial charge in [-0.15, -0.1) is 0 Å². The van der Waals surface area contributed by atoms with E-state index in [4.69, 9.17) is 0 Å². The van der Waals surface area contributed by atoms with Gasteiger partial charge in [-0.25, -0.2) is 0 Å². The van der Waals surface area contributed by atoms with Crippen molar-refractivity contribution >= 4 is 6.08 Å². The van der Waals surface area contributed by atoms with E-state index >= 15 is 0 Å². The lowest BCUT2D eigenvalue weighted by Crippen LogP contribution is -2.22. The predicted molar refractivity (Wildman–Crippen MR) is 63.4 cm³/mol. The van der Waals surface area contributed by atoms with Crippen LogP contribution in [0.15, 0.2) is 30.3 Å². The third kappa shape index (κ3) is 4.24. The van der Waals surface area contributed by atoms with E-state index in [2.05, 4.69) is 62.5 Å². The first-order chi connectivity index (χ1) is 6.68. The van der Waals surface area contributed by atoms with Gasteiger partial charge in [-0.05, 0) is 12.5 Å². The van der Waals surface area contributed by atoms with Gasteiger partial charge in [0, 0.05) is 12.6 Å². The Morgan fingerprint density at radius 2 is 2.14 bits per heavy atom. The average Bonchev–Trinajstić information content (AvgIpc) is 2.12. The van der Waals surface area contributed by atoms with E-state index in [1.807, 2.05) is 0 Å². The van der Waals surface area contributed by atoms with Crippen LogP contribution in [0.1, 0.15) is 25.0 Å². The molecule has 76 valence electrons. The summed E-state index contributed by atoms with van der Waals surface area (Å²) < 4.78 is 0. The average molecular weight is 189 g/mol. The molecule has 1 aromatic rings. The Morgan fingerprint density at radius 1 is 1.36 bits per heavy atom. The molecule has 1 heteroatoms. The van der Waals surface area contributed by atoms with Crippen molar-refractivity contribution in [1.29, 1.82) is 0 Å². The largest absolute Gasteiger partial charge is 0.311 e. The highest BCUT2D eigenvalue weighted by molar-refractivity contribution is 5.50. The molecule has 0 fully saturated rings. The fourth-order valence-electron chi connectivity index (χ4n) is 1.27. The zero-order chi connectivity index (χ0) is 10.4. The second-order valence-corrected chi connectivity index (χ2v) is 3.88. The zero-order valence-corrected chi connectivity index (χ0v) is 9.25. The van der Waals surface area contributed by atoms with Gasteiger partial charge < -0.3 is 5.32 Å². The molecular formula is C13H19N. The Hall–Kier alpha value is -1.08. The summed E-state index contributed by atoms with van der Waals surface area (Å²) in [6.45, 7) is 7.36. The van der Waals surface area contributed by atoms with Crippen LogP contribution in [-0.4, -0.2) is 12.6 Å². The lowest BCUT2D eigenvalue weighted by atomic mass is 10.1. The molecular weight excluding hydrogens is 170 g/mol. The van der Waals surface area contributed by atoms with Crippen LogP contribution in [0, 0.1) is 6.92 Å². The summed E-state index contributed by atoms with van der Waals surface area (Å²) >= 11 is 0. The maximum absolute atomic E-state index is 3.34. The van der Waals surface area contributed by atoms with E-state index < -0.39 is 0 Å². The van der Waals surface area contributed by atoms with Crippen LogP contribution >= 0.6 is 0 Å². The molecule has 0 radical (unpaired) electrons. The smallest absolute Gasteiger partial charge is 0.0140 e. The van der Waals surface area contributed by atoms with Gasteiger partial charge in [0.2, 0.25) is 0 Å². The van der Waals surface area contributed by atoms with Gasteiger partial charge in [-0.2, -0.15) is 0 Å². The molecule has 14 heavy (non-hydrogen) atoms. The van der Waals surface area contributed by atoms with Crippen LogP contribution in [0.2, 0.25) is 0 Å².